The number of rotatable bonds is 4. The van der Waals surface area contributed by atoms with Gasteiger partial charge in [-0.05, 0) is 48.5 Å². The van der Waals surface area contributed by atoms with Crippen LogP contribution < -0.4 is 15.2 Å². The molecule has 2 aromatic carbocycles. The maximum Gasteiger partial charge on any atom is 0.224 e. The third-order valence-corrected chi connectivity index (χ3v) is 3.35. The minimum atomic E-state index is 0.177. The highest BCUT2D eigenvalue weighted by molar-refractivity contribution is 5.63. The van der Waals surface area contributed by atoms with Gasteiger partial charge in [-0.25, -0.2) is 4.98 Å². The van der Waals surface area contributed by atoms with Gasteiger partial charge in [0.15, 0.2) is 11.6 Å². The minimum Gasteiger partial charge on any atom is -0.497 e. The highest BCUT2D eigenvalue weighted by Crippen LogP contribution is 2.24. The van der Waals surface area contributed by atoms with Gasteiger partial charge in [-0.2, -0.15) is 9.97 Å². The number of benzene rings is 2. The van der Waals surface area contributed by atoms with E-state index in [0.29, 0.717) is 11.6 Å². The molecule has 0 aliphatic carbocycles. The second kappa shape index (κ2) is 6.31. The average Bonchev–Trinajstić information content (AvgIpc) is 2.61. The molecule has 0 aliphatic heterocycles. The zero-order chi connectivity index (χ0) is 16.2. The number of hydrogen-bond acceptors (Lipinski definition) is 6. The monoisotopic (exact) mass is 308 g/mol. The van der Waals surface area contributed by atoms with E-state index in [0.717, 1.165) is 22.6 Å². The number of ether oxygens (including phenoxy) is 2. The molecule has 1 heterocycles. The van der Waals surface area contributed by atoms with Crippen molar-refractivity contribution in [1.29, 1.82) is 0 Å². The molecular weight excluding hydrogens is 292 g/mol. The lowest BCUT2D eigenvalue weighted by atomic mass is 10.2. The molecule has 0 saturated heterocycles. The summed E-state index contributed by atoms with van der Waals surface area (Å²) in [7, 11) is 3.25. The van der Waals surface area contributed by atoms with Crippen molar-refractivity contribution in [1.82, 2.24) is 15.0 Å². The molecule has 6 heteroatoms. The molecule has 3 rings (SSSR count). The number of anilines is 1. The Balaban J connectivity index is 2.00. The van der Waals surface area contributed by atoms with E-state index in [2.05, 4.69) is 15.0 Å². The van der Waals surface area contributed by atoms with Crippen LogP contribution in [0.5, 0.6) is 11.5 Å². The maximum absolute atomic E-state index is 5.83. The molecule has 3 aromatic rings. The Hall–Kier alpha value is -3.15. The summed E-state index contributed by atoms with van der Waals surface area (Å²) in [4.78, 5) is 12.9. The van der Waals surface area contributed by atoms with Crippen molar-refractivity contribution in [3.8, 4) is 34.3 Å². The fourth-order valence-electron chi connectivity index (χ4n) is 2.13. The Morgan fingerprint density at radius 1 is 0.652 bits per heavy atom. The second-order valence-electron chi connectivity index (χ2n) is 4.80. The number of nitrogen functional groups attached to an aromatic ring is 1. The van der Waals surface area contributed by atoms with Gasteiger partial charge < -0.3 is 15.2 Å². The number of aromatic nitrogens is 3. The first-order valence-electron chi connectivity index (χ1n) is 7.00. The van der Waals surface area contributed by atoms with Crippen molar-refractivity contribution in [2.24, 2.45) is 0 Å². The van der Waals surface area contributed by atoms with Crippen molar-refractivity contribution in [3.05, 3.63) is 48.5 Å². The maximum atomic E-state index is 5.83. The molecule has 0 saturated carbocycles. The summed E-state index contributed by atoms with van der Waals surface area (Å²) in [5.74, 6) is 2.76. The molecule has 0 spiro atoms. The van der Waals surface area contributed by atoms with Gasteiger partial charge in [0.05, 0.1) is 14.2 Å². The Labute approximate surface area is 134 Å². The normalized spacial score (nSPS) is 10.3. The number of methoxy groups -OCH3 is 2. The molecule has 116 valence electrons. The van der Waals surface area contributed by atoms with Crippen LogP contribution in [-0.2, 0) is 0 Å². The molecule has 2 N–H and O–H groups in total. The third-order valence-electron chi connectivity index (χ3n) is 3.35. The Morgan fingerprint density at radius 2 is 1.04 bits per heavy atom. The van der Waals surface area contributed by atoms with Gasteiger partial charge in [-0.3, -0.25) is 0 Å². The quantitative estimate of drug-likeness (QED) is 0.798. The molecule has 0 atom stereocenters. The first-order valence-corrected chi connectivity index (χ1v) is 7.00. The van der Waals surface area contributed by atoms with Crippen LogP contribution in [0.25, 0.3) is 22.8 Å². The van der Waals surface area contributed by atoms with Gasteiger partial charge in [0, 0.05) is 11.1 Å². The minimum absolute atomic E-state index is 0.177. The molecule has 0 fully saturated rings. The van der Waals surface area contributed by atoms with E-state index in [1.165, 1.54) is 0 Å². The van der Waals surface area contributed by atoms with Gasteiger partial charge in [0.25, 0.3) is 0 Å². The van der Waals surface area contributed by atoms with Crippen LogP contribution in [0.1, 0.15) is 0 Å². The summed E-state index contributed by atoms with van der Waals surface area (Å²) < 4.78 is 10.3. The summed E-state index contributed by atoms with van der Waals surface area (Å²) in [5, 5.41) is 0. The molecule has 0 amide bonds. The molecular formula is C17H16N4O2. The van der Waals surface area contributed by atoms with E-state index in [9.17, 15) is 0 Å². The van der Waals surface area contributed by atoms with E-state index in [4.69, 9.17) is 15.2 Å². The van der Waals surface area contributed by atoms with Crippen molar-refractivity contribution in [2.75, 3.05) is 20.0 Å². The first-order chi connectivity index (χ1) is 11.2. The first kappa shape index (κ1) is 14.8. The lowest BCUT2D eigenvalue weighted by Crippen LogP contribution is -2.02. The van der Waals surface area contributed by atoms with Gasteiger partial charge in [0.1, 0.15) is 11.5 Å². The van der Waals surface area contributed by atoms with Crippen molar-refractivity contribution < 1.29 is 9.47 Å². The number of nitrogens with zero attached hydrogens (tertiary/aromatic N) is 3. The summed E-state index contributed by atoms with van der Waals surface area (Å²) in [6.07, 6.45) is 0. The van der Waals surface area contributed by atoms with Crippen LogP contribution in [0, 0.1) is 0 Å². The lowest BCUT2D eigenvalue weighted by molar-refractivity contribution is 0.415. The van der Waals surface area contributed by atoms with Gasteiger partial charge in [0.2, 0.25) is 5.95 Å². The molecule has 0 unspecified atom stereocenters. The number of nitrogens with two attached hydrogens (primary N) is 1. The molecule has 0 aliphatic rings. The van der Waals surface area contributed by atoms with Crippen LogP contribution >= 0.6 is 0 Å². The van der Waals surface area contributed by atoms with E-state index in [-0.39, 0.29) is 5.95 Å². The summed E-state index contributed by atoms with van der Waals surface area (Å²) in [6.45, 7) is 0. The van der Waals surface area contributed by atoms with Crippen molar-refractivity contribution >= 4 is 5.95 Å². The molecule has 23 heavy (non-hydrogen) atoms. The molecule has 1 aromatic heterocycles. The topological polar surface area (TPSA) is 83.2 Å². The number of hydrogen-bond donors (Lipinski definition) is 1. The molecule has 6 nitrogen and oxygen atoms in total. The van der Waals surface area contributed by atoms with Crippen molar-refractivity contribution in [2.45, 2.75) is 0 Å². The summed E-state index contributed by atoms with van der Waals surface area (Å²) in [6, 6.07) is 14.9. The Bertz CT molecular complexity index is 736. The second-order valence-corrected chi connectivity index (χ2v) is 4.80. The molecule has 0 radical (unpaired) electrons. The summed E-state index contributed by atoms with van der Waals surface area (Å²) in [5.41, 5.74) is 7.52. The standard InChI is InChI=1S/C17H16N4O2/c1-22-13-7-3-11(4-8-13)15-19-16(21-17(18)20-15)12-5-9-14(23-2)10-6-12/h3-10H,1-2H3,(H2,18,19,20,21). The highest BCUT2D eigenvalue weighted by Gasteiger charge is 2.09. The Morgan fingerprint density at radius 3 is 1.39 bits per heavy atom. The van der Waals surface area contributed by atoms with Crippen molar-refractivity contribution in [3.63, 3.8) is 0 Å². The fraction of sp³-hybridized carbons (Fsp3) is 0.118. The van der Waals surface area contributed by atoms with Gasteiger partial charge in [-0.15, -0.1) is 0 Å². The van der Waals surface area contributed by atoms with Crippen LogP contribution in [-0.4, -0.2) is 29.2 Å². The Kier molecular flexibility index (Phi) is 4.05. The van der Waals surface area contributed by atoms with E-state index in [1.807, 2.05) is 48.5 Å². The summed E-state index contributed by atoms with van der Waals surface area (Å²) >= 11 is 0. The largest absolute Gasteiger partial charge is 0.497 e. The SMILES string of the molecule is COc1ccc(-c2nc(N)nc(-c3ccc(OC)cc3)n2)cc1. The average molecular weight is 308 g/mol. The predicted molar refractivity (Wildman–Crippen MR) is 88.2 cm³/mol. The third kappa shape index (κ3) is 3.21. The lowest BCUT2D eigenvalue weighted by Gasteiger charge is -2.07. The van der Waals surface area contributed by atoms with Crippen LogP contribution in [0.3, 0.4) is 0 Å². The van der Waals surface area contributed by atoms with Crippen LogP contribution in [0.15, 0.2) is 48.5 Å². The van der Waals surface area contributed by atoms with E-state index >= 15 is 0 Å². The van der Waals surface area contributed by atoms with E-state index in [1.54, 1.807) is 14.2 Å². The highest BCUT2D eigenvalue weighted by atomic mass is 16.5. The smallest absolute Gasteiger partial charge is 0.224 e. The van der Waals surface area contributed by atoms with Crippen LogP contribution in [0.2, 0.25) is 0 Å². The zero-order valence-electron chi connectivity index (χ0n) is 12.9. The van der Waals surface area contributed by atoms with Gasteiger partial charge in [-0.1, -0.05) is 0 Å². The van der Waals surface area contributed by atoms with Gasteiger partial charge >= 0.3 is 0 Å². The zero-order valence-corrected chi connectivity index (χ0v) is 12.9. The fourth-order valence-corrected chi connectivity index (χ4v) is 2.13. The van der Waals surface area contributed by atoms with Crippen LogP contribution in [0.4, 0.5) is 5.95 Å². The van der Waals surface area contributed by atoms with E-state index < -0.39 is 0 Å². The predicted octanol–water partition coefficient (Wildman–Crippen LogP) is 2.81. The molecule has 0 bridgehead atoms.